The van der Waals surface area contributed by atoms with Crippen molar-refractivity contribution in [1.29, 1.82) is 0 Å². The Hall–Kier alpha value is -0.780. The van der Waals surface area contributed by atoms with Gasteiger partial charge >= 0.3 is 0 Å². The lowest BCUT2D eigenvalue weighted by Crippen LogP contribution is -2.13. The van der Waals surface area contributed by atoms with E-state index < -0.39 is 6.10 Å². The Kier molecular flexibility index (Phi) is 4.38. The normalized spacial score (nSPS) is 12.3. The summed E-state index contributed by atoms with van der Waals surface area (Å²) in [5, 5.41) is 9.74. The number of hydrogen-bond acceptors (Lipinski definition) is 4. The van der Waals surface area contributed by atoms with Crippen LogP contribution in [0.4, 0.5) is 0 Å². The van der Waals surface area contributed by atoms with Crippen LogP contribution in [-0.2, 0) is 0 Å². The molecule has 0 aliphatic rings. The molecule has 0 unspecified atom stereocenters. The molecular formula is C10H14BrNO3. The van der Waals surface area contributed by atoms with Crippen LogP contribution in [0.3, 0.4) is 0 Å². The van der Waals surface area contributed by atoms with E-state index in [0.29, 0.717) is 17.1 Å². The Morgan fingerprint density at radius 3 is 2.13 bits per heavy atom. The molecule has 0 radical (unpaired) electrons. The number of rotatable bonds is 4. The maximum absolute atomic E-state index is 9.74. The standard InChI is InChI=1S/C10H14BrNO3/c1-14-8-3-6(11)4-9(15-2)10(8)7(13)5-12/h3-4,7,13H,5,12H2,1-2H3/t7-/m0/s1. The van der Waals surface area contributed by atoms with Crippen LogP contribution < -0.4 is 15.2 Å². The Bertz CT molecular complexity index is 318. The zero-order chi connectivity index (χ0) is 11.4. The number of hydrogen-bond donors (Lipinski definition) is 2. The first kappa shape index (κ1) is 12.3. The van der Waals surface area contributed by atoms with Gasteiger partial charge in [-0.2, -0.15) is 0 Å². The van der Waals surface area contributed by atoms with Crippen molar-refractivity contribution in [3.05, 3.63) is 22.2 Å². The van der Waals surface area contributed by atoms with Gasteiger partial charge in [0.2, 0.25) is 0 Å². The number of nitrogens with two attached hydrogens (primary N) is 1. The summed E-state index contributed by atoms with van der Waals surface area (Å²) in [4.78, 5) is 0. The lowest BCUT2D eigenvalue weighted by atomic mass is 10.1. The summed E-state index contributed by atoms with van der Waals surface area (Å²) < 4.78 is 11.2. The smallest absolute Gasteiger partial charge is 0.129 e. The highest BCUT2D eigenvalue weighted by molar-refractivity contribution is 9.10. The number of aliphatic hydroxyl groups is 1. The van der Waals surface area contributed by atoms with Gasteiger partial charge < -0.3 is 20.3 Å². The third-order valence-electron chi connectivity index (χ3n) is 2.07. The van der Waals surface area contributed by atoms with E-state index in [1.165, 1.54) is 14.2 Å². The Morgan fingerprint density at radius 1 is 1.33 bits per heavy atom. The van der Waals surface area contributed by atoms with Gasteiger partial charge in [0.25, 0.3) is 0 Å². The molecule has 0 aliphatic heterocycles. The highest BCUT2D eigenvalue weighted by Crippen LogP contribution is 2.36. The second-order valence-electron chi connectivity index (χ2n) is 2.98. The first-order valence-electron chi connectivity index (χ1n) is 4.43. The molecule has 4 nitrogen and oxygen atoms in total. The van der Waals surface area contributed by atoms with Crippen LogP contribution in [0.1, 0.15) is 11.7 Å². The summed E-state index contributed by atoms with van der Waals surface area (Å²) >= 11 is 3.33. The maximum Gasteiger partial charge on any atom is 0.129 e. The maximum atomic E-state index is 9.74. The van der Waals surface area contributed by atoms with Crippen molar-refractivity contribution in [2.24, 2.45) is 5.73 Å². The average molecular weight is 276 g/mol. The lowest BCUT2D eigenvalue weighted by molar-refractivity contribution is 0.177. The SMILES string of the molecule is COc1cc(Br)cc(OC)c1[C@@H](O)CN. The van der Waals surface area contributed by atoms with Gasteiger partial charge in [0.15, 0.2) is 0 Å². The fourth-order valence-electron chi connectivity index (χ4n) is 1.35. The van der Waals surface area contributed by atoms with Crippen molar-refractivity contribution >= 4 is 15.9 Å². The molecule has 15 heavy (non-hydrogen) atoms. The van der Waals surface area contributed by atoms with Crippen molar-refractivity contribution < 1.29 is 14.6 Å². The zero-order valence-corrected chi connectivity index (χ0v) is 10.2. The fourth-order valence-corrected chi connectivity index (χ4v) is 1.77. The van der Waals surface area contributed by atoms with Gasteiger partial charge in [-0.25, -0.2) is 0 Å². The van der Waals surface area contributed by atoms with Crippen LogP contribution in [0.2, 0.25) is 0 Å². The molecule has 0 fully saturated rings. The van der Waals surface area contributed by atoms with Gasteiger partial charge in [-0.05, 0) is 12.1 Å². The van der Waals surface area contributed by atoms with Gasteiger partial charge in [0.1, 0.15) is 11.5 Å². The van der Waals surface area contributed by atoms with Crippen LogP contribution in [0.15, 0.2) is 16.6 Å². The molecule has 0 spiro atoms. The van der Waals surface area contributed by atoms with E-state index in [4.69, 9.17) is 15.2 Å². The molecule has 1 aromatic rings. The molecule has 0 aliphatic carbocycles. The van der Waals surface area contributed by atoms with Crippen LogP contribution >= 0.6 is 15.9 Å². The summed E-state index contributed by atoms with van der Waals surface area (Å²) in [5.74, 6) is 1.11. The van der Waals surface area contributed by atoms with Crippen LogP contribution in [0.5, 0.6) is 11.5 Å². The summed E-state index contributed by atoms with van der Waals surface area (Å²) in [5.41, 5.74) is 5.99. The van der Waals surface area contributed by atoms with Crippen LogP contribution in [0.25, 0.3) is 0 Å². The first-order chi connectivity index (χ1) is 7.13. The van der Waals surface area contributed by atoms with Crippen LogP contribution in [-0.4, -0.2) is 25.9 Å². The minimum Gasteiger partial charge on any atom is -0.496 e. The lowest BCUT2D eigenvalue weighted by Gasteiger charge is -2.17. The molecule has 1 aromatic carbocycles. The fraction of sp³-hybridized carbons (Fsp3) is 0.400. The Morgan fingerprint density at radius 2 is 1.80 bits per heavy atom. The van der Waals surface area contributed by atoms with E-state index in [-0.39, 0.29) is 6.54 Å². The Labute approximate surface area is 97.1 Å². The molecule has 84 valence electrons. The first-order valence-corrected chi connectivity index (χ1v) is 5.22. The van der Waals surface area contributed by atoms with E-state index in [1.807, 2.05) is 0 Å². The molecule has 0 amide bonds. The number of ether oxygens (including phenoxy) is 2. The zero-order valence-electron chi connectivity index (χ0n) is 8.66. The minimum absolute atomic E-state index is 0.119. The summed E-state index contributed by atoms with van der Waals surface area (Å²) in [6, 6.07) is 3.52. The average Bonchev–Trinajstić information content (AvgIpc) is 2.26. The number of halogens is 1. The second kappa shape index (κ2) is 5.34. The monoisotopic (exact) mass is 275 g/mol. The molecular weight excluding hydrogens is 262 g/mol. The van der Waals surface area contributed by atoms with E-state index in [2.05, 4.69) is 15.9 Å². The third-order valence-corrected chi connectivity index (χ3v) is 2.52. The molecule has 1 atom stereocenters. The van der Waals surface area contributed by atoms with Gasteiger partial charge in [0, 0.05) is 11.0 Å². The van der Waals surface area contributed by atoms with Crippen molar-refractivity contribution in [3.63, 3.8) is 0 Å². The Balaban J connectivity index is 3.30. The van der Waals surface area contributed by atoms with Crippen LogP contribution in [0, 0.1) is 0 Å². The second-order valence-corrected chi connectivity index (χ2v) is 3.89. The quantitative estimate of drug-likeness (QED) is 0.873. The topological polar surface area (TPSA) is 64.7 Å². The minimum atomic E-state index is -0.789. The summed E-state index contributed by atoms with van der Waals surface area (Å²) in [6.07, 6.45) is -0.789. The molecule has 0 saturated carbocycles. The van der Waals surface area contributed by atoms with Gasteiger partial charge in [-0.15, -0.1) is 0 Å². The van der Waals surface area contributed by atoms with E-state index in [1.54, 1.807) is 12.1 Å². The summed E-state index contributed by atoms with van der Waals surface area (Å²) in [6.45, 7) is 0.119. The molecule has 1 rings (SSSR count). The van der Waals surface area contributed by atoms with Gasteiger partial charge in [0.05, 0.1) is 25.9 Å². The number of aliphatic hydroxyl groups excluding tert-OH is 1. The van der Waals surface area contributed by atoms with Crippen molar-refractivity contribution in [2.45, 2.75) is 6.10 Å². The molecule has 0 saturated heterocycles. The predicted molar refractivity (Wildman–Crippen MR) is 61.3 cm³/mol. The third kappa shape index (κ3) is 2.62. The van der Waals surface area contributed by atoms with E-state index >= 15 is 0 Å². The van der Waals surface area contributed by atoms with Gasteiger partial charge in [-0.3, -0.25) is 0 Å². The number of methoxy groups -OCH3 is 2. The van der Waals surface area contributed by atoms with E-state index in [9.17, 15) is 5.11 Å². The molecule has 0 aromatic heterocycles. The van der Waals surface area contributed by atoms with E-state index in [0.717, 1.165) is 4.47 Å². The molecule has 5 heteroatoms. The van der Waals surface area contributed by atoms with Crippen molar-refractivity contribution in [1.82, 2.24) is 0 Å². The summed E-state index contributed by atoms with van der Waals surface area (Å²) in [7, 11) is 3.07. The predicted octanol–water partition coefficient (Wildman–Crippen LogP) is 1.46. The highest BCUT2D eigenvalue weighted by atomic mass is 79.9. The molecule has 3 N–H and O–H groups in total. The largest absolute Gasteiger partial charge is 0.496 e. The molecule has 0 heterocycles. The van der Waals surface area contributed by atoms with Crippen molar-refractivity contribution in [2.75, 3.05) is 20.8 Å². The van der Waals surface area contributed by atoms with Gasteiger partial charge in [-0.1, -0.05) is 15.9 Å². The van der Waals surface area contributed by atoms with Crippen molar-refractivity contribution in [3.8, 4) is 11.5 Å². The molecule has 0 bridgehead atoms. The highest BCUT2D eigenvalue weighted by Gasteiger charge is 2.18. The number of benzene rings is 1.